The maximum Gasteiger partial charge on any atom is 0.0699 e. The van der Waals surface area contributed by atoms with Crippen molar-refractivity contribution in [1.29, 1.82) is 0 Å². The summed E-state index contributed by atoms with van der Waals surface area (Å²) in [6, 6.07) is 0. The van der Waals surface area contributed by atoms with Gasteiger partial charge in [-0.05, 0) is 18.4 Å². The highest BCUT2D eigenvalue weighted by atomic mass is 14.6. The van der Waals surface area contributed by atoms with Gasteiger partial charge < -0.3 is 5.73 Å². The quantitative estimate of drug-likeness (QED) is 0.610. The van der Waals surface area contributed by atoms with Crippen molar-refractivity contribution >= 4 is 7.85 Å². The molecule has 0 aromatic carbocycles. The summed E-state index contributed by atoms with van der Waals surface area (Å²) in [5, 5.41) is 0. The Kier molecular flexibility index (Phi) is 3.44. The number of hydrogen-bond acceptors (Lipinski definition) is 1. The molecule has 0 bridgehead atoms. The van der Waals surface area contributed by atoms with Gasteiger partial charge in [-0.25, -0.2) is 0 Å². The van der Waals surface area contributed by atoms with Crippen LogP contribution in [-0.2, 0) is 0 Å². The Bertz CT molecular complexity index is 116. The number of hydrogen-bond donors (Lipinski definition) is 1. The van der Waals surface area contributed by atoms with Crippen LogP contribution in [0.5, 0.6) is 0 Å². The van der Waals surface area contributed by atoms with E-state index in [1.807, 2.05) is 0 Å². The van der Waals surface area contributed by atoms with E-state index in [4.69, 9.17) is 13.6 Å². The van der Waals surface area contributed by atoms with E-state index in [0.717, 1.165) is 18.9 Å². The summed E-state index contributed by atoms with van der Waals surface area (Å²) in [6.45, 7) is 3.07. The Labute approximate surface area is 71.1 Å². The van der Waals surface area contributed by atoms with Crippen molar-refractivity contribution in [2.75, 3.05) is 6.54 Å². The summed E-state index contributed by atoms with van der Waals surface area (Å²) in [5.41, 5.74) is 5.66. The van der Waals surface area contributed by atoms with Crippen molar-refractivity contribution in [2.45, 2.75) is 38.4 Å². The fraction of sp³-hybridized carbons (Fsp3) is 1.00. The molecule has 0 heterocycles. The van der Waals surface area contributed by atoms with Crippen molar-refractivity contribution in [1.82, 2.24) is 0 Å². The van der Waals surface area contributed by atoms with Gasteiger partial charge in [0.25, 0.3) is 0 Å². The first kappa shape index (κ1) is 9.12. The monoisotopic (exact) mass is 151 g/mol. The van der Waals surface area contributed by atoms with Crippen LogP contribution >= 0.6 is 0 Å². The fourth-order valence-corrected chi connectivity index (χ4v) is 2.27. The molecule has 0 saturated heterocycles. The standard InChI is InChI=1S/C9H18BN/c1-2-3-7-4-9(10)5-8(7)6-11/h7-9H,2-6,11H2,1H3. The van der Waals surface area contributed by atoms with Crippen LogP contribution in [0.25, 0.3) is 0 Å². The van der Waals surface area contributed by atoms with Gasteiger partial charge in [0.1, 0.15) is 0 Å². The van der Waals surface area contributed by atoms with Crippen molar-refractivity contribution < 1.29 is 0 Å². The molecular weight excluding hydrogens is 133 g/mol. The summed E-state index contributed by atoms with van der Waals surface area (Å²) >= 11 is 0. The average Bonchev–Trinajstić information content (AvgIpc) is 2.32. The van der Waals surface area contributed by atoms with Gasteiger partial charge in [0.15, 0.2) is 0 Å². The van der Waals surface area contributed by atoms with E-state index in [9.17, 15) is 0 Å². The van der Waals surface area contributed by atoms with Crippen molar-refractivity contribution in [3.05, 3.63) is 0 Å². The molecule has 3 unspecified atom stereocenters. The van der Waals surface area contributed by atoms with Crippen molar-refractivity contribution in [2.24, 2.45) is 17.6 Å². The van der Waals surface area contributed by atoms with E-state index in [2.05, 4.69) is 6.92 Å². The molecule has 2 radical (unpaired) electrons. The average molecular weight is 151 g/mol. The van der Waals surface area contributed by atoms with Gasteiger partial charge in [0, 0.05) is 0 Å². The van der Waals surface area contributed by atoms with Gasteiger partial charge in [-0.2, -0.15) is 0 Å². The lowest BCUT2D eigenvalue weighted by Gasteiger charge is -2.16. The minimum atomic E-state index is 0.431. The van der Waals surface area contributed by atoms with Crippen LogP contribution in [0.2, 0.25) is 5.82 Å². The molecule has 62 valence electrons. The van der Waals surface area contributed by atoms with Crippen LogP contribution in [0.3, 0.4) is 0 Å². The van der Waals surface area contributed by atoms with Gasteiger partial charge in [-0.1, -0.05) is 38.4 Å². The minimum Gasteiger partial charge on any atom is -0.330 e. The van der Waals surface area contributed by atoms with Crippen LogP contribution in [0.15, 0.2) is 0 Å². The first-order valence-corrected chi connectivity index (χ1v) is 4.73. The molecule has 3 atom stereocenters. The number of nitrogens with two attached hydrogens (primary N) is 1. The summed E-state index contributed by atoms with van der Waals surface area (Å²) in [5.74, 6) is 1.96. The molecule has 11 heavy (non-hydrogen) atoms. The highest BCUT2D eigenvalue weighted by Gasteiger charge is 2.29. The second kappa shape index (κ2) is 4.15. The molecule has 0 spiro atoms. The molecule has 1 fully saturated rings. The van der Waals surface area contributed by atoms with Gasteiger partial charge in [0.05, 0.1) is 7.85 Å². The van der Waals surface area contributed by atoms with Crippen LogP contribution in [-0.4, -0.2) is 14.4 Å². The zero-order valence-electron chi connectivity index (χ0n) is 7.42. The van der Waals surface area contributed by atoms with Gasteiger partial charge in [-0.15, -0.1) is 0 Å². The Morgan fingerprint density at radius 2 is 2.00 bits per heavy atom. The van der Waals surface area contributed by atoms with Crippen LogP contribution in [0.4, 0.5) is 0 Å². The molecule has 0 aliphatic heterocycles. The van der Waals surface area contributed by atoms with E-state index >= 15 is 0 Å². The van der Waals surface area contributed by atoms with E-state index < -0.39 is 0 Å². The molecule has 2 N–H and O–H groups in total. The van der Waals surface area contributed by atoms with Crippen LogP contribution in [0, 0.1) is 11.8 Å². The maximum atomic E-state index is 5.87. The van der Waals surface area contributed by atoms with E-state index in [1.165, 1.54) is 19.3 Å². The summed E-state index contributed by atoms with van der Waals surface area (Å²) in [7, 11) is 5.87. The van der Waals surface area contributed by atoms with E-state index in [-0.39, 0.29) is 0 Å². The van der Waals surface area contributed by atoms with Gasteiger partial charge in [0.2, 0.25) is 0 Å². The molecule has 1 aliphatic carbocycles. The molecule has 2 heteroatoms. The lowest BCUT2D eigenvalue weighted by Crippen LogP contribution is -2.18. The lowest BCUT2D eigenvalue weighted by atomic mass is 9.85. The smallest absolute Gasteiger partial charge is 0.0699 e. The maximum absolute atomic E-state index is 5.87. The first-order chi connectivity index (χ1) is 5.27. The molecule has 1 saturated carbocycles. The van der Waals surface area contributed by atoms with Crippen LogP contribution < -0.4 is 5.73 Å². The zero-order chi connectivity index (χ0) is 8.27. The first-order valence-electron chi connectivity index (χ1n) is 4.73. The summed E-state index contributed by atoms with van der Waals surface area (Å²) in [4.78, 5) is 0. The highest BCUT2D eigenvalue weighted by molar-refractivity contribution is 6.11. The van der Waals surface area contributed by atoms with E-state index in [1.54, 1.807) is 0 Å². The number of rotatable bonds is 3. The normalized spacial score (nSPS) is 37.8. The zero-order valence-corrected chi connectivity index (χ0v) is 7.42. The lowest BCUT2D eigenvalue weighted by molar-refractivity contribution is 0.369. The van der Waals surface area contributed by atoms with Gasteiger partial charge >= 0.3 is 0 Å². The third-order valence-electron chi connectivity index (χ3n) is 2.84. The minimum absolute atomic E-state index is 0.431. The van der Waals surface area contributed by atoms with E-state index in [0.29, 0.717) is 11.7 Å². The largest absolute Gasteiger partial charge is 0.330 e. The molecule has 1 rings (SSSR count). The second-order valence-electron chi connectivity index (χ2n) is 3.78. The third kappa shape index (κ3) is 2.23. The third-order valence-corrected chi connectivity index (χ3v) is 2.84. The Morgan fingerprint density at radius 3 is 2.55 bits per heavy atom. The Balaban J connectivity index is 2.37. The molecular formula is C9H18BN. The Morgan fingerprint density at radius 1 is 1.36 bits per heavy atom. The van der Waals surface area contributed by atoms with Crippen molar-refractivity contribution in [3.8, 4) is 0 Å². The SMILES string of the molecule is [B]C1CC(CN)C(CCC)C1. The molecule has 0 amide bonds. The predicted molar refractivity (Wildman–Crippen MR) is 49.7 cm³/mol. The highest BCUT2D eigenvalue weighted by Crippen LogP contribution is 2.40. The molecule has 0 aromatic heterocycles. The van der Waals surface area contributed by atoms with Crippen LogP contribution in [0.1, 0.15) is 32.6 Å². The predicted octanol–water partition coefficient (Wildman–Crippen LogP) is 1.73. The van der Waals surface area contributed by atoms with Crippen molar-refractivity contribution in [3.63, 3.8) is 0 Å². The summed E-state index contributed by atoms with van der Waals surface area (Å²) < 4.78 is 0. The molecule has 1 nitrogen and oxygen atoms in total. The molecule has 1 aliphatic rings. The second-order valence-corrected chi connectivity index (χ2v) is 3.78. The topological polar surface area (TPSA) is 26.0 Å². The molecule has 0 aromatic rings. The van der Waals surface area contributed by atoms with Gasteiger partial charge in [-0.3, -0.25) is 0 Å². The fourth-order valence-electron chi connectivity index (χ4n) is 2.27. The Hall–Kier alpha value is 0.0249. The summed E-state index contributed by atoms with van der Waals surface area (Å²) in [6.07, 6.45) is 4.94.